The van der Waals surface area contributed by atoms with Gasteiger partial charge in [-0.3, -0.25) is 0 Å². The minimum absolute atomic E-state index is 0.309. The third-order valence-electron chi connectivity index (χ3n) is 3.86. The normalized spacial score (nSPS) is 12.2. The number of hydrogen-bond donors (Lipinski definition) is 1. The van der Waals surface area contributed by atoms with E-state index < -0.39 is 0 Å². The van der Waals surface area contributed by atoms with Gasteiger partial charge in [-0.05, 0) is 54.3 Å². The number of nitrogens with two attached hydrogens (primary N) is 1. The Labute approximate surface area is 139 Å². The average Bonchev–Trinajstić information content (AvgIpc) is 2.59. The van der Waals surface area contributed by atoms with E-state index in [-0.39, 0.29) is 0 Å². The van der Waals surface area contributed by atoms with Crippen molar-refractivity contribution in [3.63, 3.8) is 0 Å². The van der Waals surface area contributed by atoms with Crippen molar-refractivity contribution in [3.8, 4) is 11.5 Å². The van der Waals surface area contributed by atoms with E-state index in [4.69, 9.17) is 15.2 Å². The number of hydrogen-bond acceptors (Lipinski definition) is 3. The highest BCUT2D eigenvalue weighted by Crippen LogP contribution is 2.23. The van der Waals surface area contributed by atoms with Crippen LogP contribution in [0.1, 0.15) is 30.9 Å². The van der Waals surface area contributed by atoms with E-state index in [1.54, 1.807) is 7.11 Å². The van der Waals surface area contributed by atoms with Gasteiger partial charge in [0, 0.05) is 5.92 Å². The molecule has 23 heavy (non-hydrogen) atoms. The first kappa shape index (κ1) is 17.4. The van der Waals surface area contributed by atoms with Gasteiger partial charge >= 0.3 is 0 Å². The summed E-state index contributed by atoms with van der Waals surface area (Å²) < 4.78 is 10.9. The second-order valence-electron chi connectivity index (χ2n) is 6.26. The van der Waals surface area contributed by atoms with Crippen LogP contribution in [0.5, 0.6) is 11.5 Å². The average molecular weight is 313 g/mol. The Morgan fingerprint density at radius 3 is 2.04 bits per heavy atom. The van der Waals surface area contributed by atoms with Crippen LogP contribution in [0.2, 0.25) is 0 Å². The van der Waals surface area contributed by atoms with Gasteiger partial charge in [0.15, 0.2) is 0 Å². The van der Waals surface area contributed by atoms with Crippen molar-refractivity contribution in [3.05, 3.63) is 59.7 Å². The maximum atomic E-state index is 5.98. The number of rotatable bonds is 8. The Hall–Kier alpha value is -2.00. The van der Waals surface area contributed by atoms with E-state index in [0.717, 1.165) is 24.5 Å². The first-order chi connectivity index (χ1) is 11.1. The van der Waals surface area contributed by atoms with Crippen molar-refractivity contribution in [2.75, 3.05) is 20.3 Å². The molecule has 0 heterocycles. The first-order valence-electron chi connectivity index (χ1n) is 8.18. The van der Waals surface area contributed by atoms with Crippen LogP contribution in [0.4, 0.5) is 0 Å². The fourth-order valence-electron chi connectivity index (χ4n) is 2.48. The monoisotopic (exact) mass is 313 g/mol. The Kier molecular flexibility index (Phi) is 6.48. The van der Waals surface area contributed by atoms with E-state index in [1.165, 1.54) is 11.1 Å². The third kappa shape index (κ3) is 5.29. The first-order valence-corrected chi connectivity index (χ1v) is 8.18. The summed E-state index contributed by atoms with van der Waals surface area (Å²) in [4.78, 5) is 0. The molecule has 0 aliphatic carbocycles. The molecule has 1 atom stereocenters. The van der Waals surface area contributed by atoms with Crippen LogP contribution < -0.4 is 15.2 Å². The summed E-state index contributed by atoms with van der Waals surface area (Å²) in [5, 5.41) is 0. The van der Waals surface area contributed by atoms with Crippen molar-refractivity contribution in [2.45, 2.75) is 26.2 Å². The summed E-state index contributed by atoms with van der Waals surface area (Å²) in [6.07, 6.45) is 0.924. The molecule has 0 spiro atoms. The lowest BCUT2D eigenvalue weighted by Gasteiger charge is -2.16. The molecule has 2 aromatic carbocycles. The van der Waals surface area contributed by atoms with Crippen LogP contribution in [0.3, 0.4) is 0 Å². The fourth-order valence-corrected chi connectivity index (χ4v) is 2.48. The van der Waals surface area contributed by atoms with E-state index in [1.807, 2.05) is 24.3 Å². The summed E-state index contributed by atoms with van der Waals surface area (Å²) in [5.41, 5.74) is 8.49. The van der Waals surface area contributed by atoms with Crippen LogP contribution >= 0.6 is 0 Å². The SMILES string of the molecule is COc1ccc(C(CN)Cc2ccc(OCC(C)C)cc2)cc1. The highest BCUT2D eigenvalue weighted by molar-refractivity contribution is 5.32. The topological polar surface area (TPSA) is 44.5 Å². The van der Waals surface area contributed by atoms with Gasteiger partial charge in [-0.1, -0.05) is 38.1 Å². The molecule has 2 rings (SSSR count). The minimum atomic E-state index is 0.309. The molecule has 0 aliphatic rings. The minimum Gasteiger partial charge on any atom is -0.497 e. The molecule has 3 heteroatoms. The lowest BCUT2D eigenvalue weighted by molar-refractivity contribution is 0.271. The predicted octanol–water partition coefficient (Wildman–Crippen LogP) is 4.02. The molecule has 0 aliphatic heterocycles. The summed E-state index contributed by atoms with van der Waals surface area (Å²) in [5.74, 6) is 2.64. The summed E-state index contributed by atoms with van der Waals surface area (Å²) >= 11 is 0. The molecule has 3 nitrogen and oxygen atoms in total. The second-order valence-corrected chi connectivity index (χ2v) is 6.26. The predicted molar refractivity (Wildman–Crippen MR) is 95.3 cm³/mol. The van der Waals surface area contributed by atoms with Gasteiger partial charge in [0.25, 0.3) is 0 Å². The van der Waals surface area contributed by atoms with Gasteiger partial charge in [0.2, 0.25) is 0 Å². The van der Waals surface area contributed by atoms with Crippen LogP contribution in [-0.4, -0.2) is 20.3 Å². The lowest BCUT2D eigenvalue weighted by atomic mass is 9.92. The van der Waals surface area contributed by atoms with E-state index in [2.05, 4.69) is 38.1 Å². The fraction of sp³-hybridized carbons (Fsp3) is 0.400. The van der Waals surface area contributed by atoms with Gasteiger partial charge in [-0.25, -0.2) is 0 Å². The molecule has 0 radical (unpaired) electrons. The largest absolute Gasteiger partial charge is 0.497 e. The standard InChI is InChI=1S/C20H27NO2/c1-15(2)14-23-20-8-4-16(5-9-20)12-18(13-21)17-6-10-19(22-3)11-7-17/h4-11,15,18H,12-14,21H2,1-3H3. The van der Waals surface area contributed by atoms with E-state index in [0.29, 0.717) is 18.4 Å². The Morgan fingerprint density at radius 1 is 0.913 bits per heavy atom. The maximum absolute atomic E-state index is 5.98. The van der Waals surface area contributed by atoms with Crippen LogP contribution in [0.15, 0.2) is 48.5 Å². The molecule has 0 saturated carbocycles. The molecule has 0 amide bonds. The molecule has 0 aromatic heterocycles. The summed E-state index contributed by atoms with van der Waals surface area (Å²) in [6.45, 7) is 5.67. The van der Waals surface area contributed by atoms with Gasteiger partial charge in [0.1, 0.15) is 11.5 Å². The van der Waals surface area contributed by atoms with Crippen molar-refractivity contribution in [1.29, 1.82) is 0 Å². The van der Waals surface area contributed by atoms with E-state index >= 15 is 0 Å². The Bertz CT molecular complexity index is 576. The number of methoxy groups -OCH3 is 1. The van der Waals surface area contributed by atoms with Gasteiger partial charge < -0.3 is 15.2 Å². The molecule has 0 fully saturated rings. The zero-order valence-corrected chi connectivity index (χ0v) is 14.3. The van der Waals surface area contributed by atoms with Crippen molar-refractivity contribution >= 4 is 0 Å². The molecular weight excluding hydrogens is 286 g/mol. The van der Waals surface area contributed by atoms with Crippen LogP contribution in [0.25, 0.3) is 0 Å². The maximum Gasteiger partial charge on any atom is 0.119 e. The highest BCUT2D eigenvalue weighted by Gasteiger charge is 2.11. The molecule has 2 N–H and O–H groups in total. The van der Waals surface area contributed by atoms with Crippen molar-refractivity contribution < 1.29 is 9.47 Å². The smallest absolute Gasteiger partial charge is 0.119 e. The molecule has 1 unspecified atom stereocenters. The lowest BCUT2D eigenvalue weighted by Crippen LogP contribution is -2.15. The molecule has 0 bridgehead atoms. The molecule has 0 saturated heterocycles. The third-order valence-corrected chi connectivity index (χ3v) is 3.86. The Balaban J connectivity index is 2.00. The molecule has 2 aromatic rings. The Morgan fingerprint density at radius 2 is 1.52 bits per heavy atom. The van der Waals surface area contributed by atoms with Gasteiger partial charge in [-0.15, -0.1) is 0 Å². The zero-order valence-electron chi connectivity index (χ0n) is 14.3. The van der Waals surface area contributed by atoms with Crippen molar-refractivity contribution in [2.24, 2.45) is 11.7 Å². The number of ether oxygens (including phenoxy) is 2. The number of benzene rings is 2. The summed E-state index contributed by atoms with van der Waals surface area (Å²) in [6, 6.07) is 16.5. The van der Waals surface area contributed by atoms with E-state index in [9.17, 15) is 0 Å². The zero-order chi connectivity index (χ0) is 16.7. The van der Waals surface area contributed by atoms with Gasteiger partial charge in [0.05, 0.1) is 13.7 Å². The van der Waals surface area contributed by atoms with Crippen LogP contribution in [-0.2, 0) is 6.42 Å². The quantitative estimate of drug-likeness (QED) is 0.800. The van der Waals surface area contributed by atoms with Crippen LogP contribution in [0, 0.1) is 5.92 Å². The summed E-state index contributed by atoms with van der Waals surface area (Å²) in [7, 11) is 1.68. The molecule has 124 valence electrons. The van der Waals surface area contributed by atoms with Crippen molar-refractivity contribution in [1.82, 2.24) is 0 Å². The highest BCUT2D eigenvalue weighted by atomic mass is 16.5. The second kappa shape index (κ2) is 8.59. The van der Waals surface area contributed by atoms with Gasteiger partial charge in [-0.2, -0.15) is 0 Å². The molecular formula is C20H27NO2.